The molecule has 0 atom stereocenters. The molecule has 0 fully saturated rings. The normalized spacial score (nSPS) is 11.2. The lowest BCUT2D eigenvalue weighted by Gasteiger charge is -2.04. The minimum absolute atomic E-state index is 0.868. The van der Waals surface area contributed by atoms with Crippen molar-refractivity contribution in [3.05, 3.63) is 57.4 Å². The Labute approximate surface area is 121 Å². The number of hydrogen-bond acceptors (Lipinski definition) is 2. The number of rotatable bonds is 5. The van der Waals surface area contributed by atoms with Gasteiger partial charge < -0.3 is 10.3 Å². The predicted molar refractivity (Wildman–Crippen MR) is 83.0 cm³/mol. The van der Waals surface area contributed by atoms with Crippen molar-refractivity contribution < 1.29 is 0 Å². The standard InChI is InChI=1S/C15H15ClN2S/c16-15-4-2-13(19-15)6-7-17-10-11-1-3-14-12(9-11)5-8-18-14/h1-5,8-9,17-18H,6-7,10H2. The van der Waals surface area contributed by atoms with Crippen LogP contribution in [0.4, 0.5) is 0 Å². The van der Waals surface area contributed by atoms with Gasteiger partial charge in [0.1, 0.15) is 0 Å². The molecular formula is C15H15ClN2S. The Morgan fingerprint density at radius 1 is 1.16 bits per heavy atom. The molecule has 2 heterocycles. The van der Waals surface area contributed by atoms with Gasteiger partial charge in [0.05, 0.1) is 4.34 Å². The molecule has 0 aliphatic carbocycles. The summed E-state index contributed by atoms with van der Waals surface area (Å²) in [4.78, 5) is 4.54. The van der Waals surface area contributed by atoms with E-state index in [0.29, 0.717) is 0 Å². The fourth-order valence-corrected chi connectivity index (χ4v) is 3.23. The number of thiophene rings is 1. The summed E-state index contributed by atoms with van der Waals surface area (Å²) in [5.41, 5.74) is 2.51. The third-order valence-electron chi connectivity index (χ3n) is 3.12. The summed E-state index contributed by atoms with van der Waals surface area (Å²) in [7, 11) is 0. The lowest BCUT2D eigenvalue weighted by Crippen LogP contribution is -2.16. The lowest BCUT2D eigenvalue weighted by atomic mass is 10.1. The molecule has 3 aromatic rings. The van der Waals surface area contributed by atoms with Crippen LogP contribution in [0.3, 0.4) is 0 Å². The van der Waals surface area contributed by atoms with Gasteiger partial charge in [-0.05, 0) is 47.7 Å². The molecule has 0 aliphatic rings. The second-order valence-corrected chi connectivity index (χ2v) is 6.33. The Morgan fingerprint density at radius 2 is 2.11 bits per heavy atom. The molecule has 2 nitrogen and oxygen atoms in total. The van der Waals surface area contributed by atoms with Crippen molar-refractivity contribution in [2.24, 2.45) is 0 Å². The molecule has 98 valence electrons. The maximum atomic E-state index is 5.91. The molecule has 0 bridgehead atoms. The zero-order valence-electron chi connectivity index (χ0n) is 10.4. The van der Waals surface area contributed by atoms with E-state index in [9.17, 15) is 0 Å². The van der Waals surface area contributed by atoms with E-state index in [1.165, 1.54) is 21.3 Å². The van der Waals surface area contributed by atoms with Crippen LogP contribution in [0, 0.1) is 0 Å². The van der Waals surface area contributed by atoms with Gasteiger partial charge >= 0.3 is 0 Å². The molecule has 0 spiro atoms. The second kappa shape index (κ2) is 5.78. The number of benzene rings is 1. The van der Waals surface area contributed by atoms with Crippen molar-refractivity contribution in [2.75, 3.05) is 6.54 Å². The lowest BCUT2D eigenvalue weighted by molar-refractivity contribution is 0.691. The Kier molecular flexibility index (Phi) is 3.87. The van der Waals surface area contributed by atoms with Crippen molar-refractivity contribution in [3.8, 4) is 0 Å². The minimum atomic E-state index is 0.868. The van der Waals surface area contributed by atoms with Crippen molar-refractivity contribution >= 4 is 33.8 Å². The SMILES string of the molecule is Clc1ccc(CCNCc2ccc3[nH]ccc3c2)s1. The highest BCUT2D eigenvalue weighted by molar-refractivity contribution is 7.16. The van der Waals surface area contributed by atoms with E-state index >= 15 is 0 Å². The van der Waals surface area contributed by atoms with E-state index in [0.717, 1.165) is 23.8 Å². The Bertz CT molecular complexity index is 671. The first-order valence-electron chi connectivity index (χ1n) is 6.32. The first-order valence-corrected chi connectivity index (χ1v) is 7.52. The maximum Gasteiger partial charge on any atom is 0.0931 e. The quantitative estimate of drug-likeness (QED) is 0.677. The maximum absolute atomic E-state index is 5.91. The van der Waals surface area contributed by atoms with Gasteiger partial charge in [-0.25, -0.2) is 0 Å². The van der Waals surface area contributed by atoms with Gasteiger partial charge in [-0.1, -0.05) is 17.7 Å². The molecule has 0 radical (unpaired) electrons. The largest absolute Gasteiger partial charge is 0.361 e. The molecule has 3 rings (SSSR count). The summed E-state index contributed by atoms with van der Waals surface area (Å²) in [6, 6.07) is 12.7. The van der Waals surface area contributed by atoms with Gasteiger partial charge in [0, 0.05) is 29.7 Å². The van der Waals surface area contributed by atoms with Gasteiger partial charge in [-0.2, -0.15) is 0 Å². The highest BCUT2D eigenvalue weighted by Gasteiger charge is 1.99. The smallest absolute Gasteiger partial charge is 0.0931 e. The summed E-state index contributed by atoms with van der Waals surface area (Å²) < 4.78 is 0.868. The van der Waals surface area contributed by atoms with Gasteiger partial charge in [0.25, 0.3) is 0 Å². The van der Waals surface area contributed by atoms with E-state index in [1.54, 1.807) is 11.3 Å². The fraction of sp³-hybridized carbons (Fsp3) is 0.200. The number of fused-ring (bicyclic) bond motifs is 1. The number of aromatic nitrogens is 1. The van der Waals surface area contributed by atoms with Crippen LogP contribution in [0.1, 0.15) is 10.4 Å². The Balaban J connectivity index is 1.51. The van der Waals surface area contributed by atoms with Crippen LogP contribution < -0.4 is 5.32 Å². The number of hydrogen-bond donors (Lipinski definition) is 2. The van der Waals surface area contributed by atoms with Crippen molar-refractivity contribution in [2.45, 2.75) is 13.0 Å². The van der Waals surface area contributed by atoms with E-state index < -0.39 is 0 Å². The molecule has 0 amide bonds. The zero-order valence-corrected chi connectivity index (χ0v) is 12.0. The zero-order chi connectivity index (χ0) is 13.1. The molecule has 0 saturated carbocycles. The predicted octanol–water partition coefficient (Wildman–Crippen LogP) is 4.22. The minimum Gasteiger partial charge on any atom is -0.361 e. The number of halogens is 1. The third-order valence-corrected chi connectivity index (χ3v) is 4.41. The summed E-state index contributed by atoms with van der Waals surface area (Å²) in [6.07, 6.45) is 3.01. The molecule has 2 aromatic heterocycles. The van der Waals surface area contributed by atoms with Gasteiger partial charge in [0.15, 0.2) is 0 Å². The van der Waals surface area contributed by atoms with Crippen LogP contribution >= 0.6 is 22.9 Å². The van der Waals surface area contributed by atoms with Crippen LogP contribution in [0.15, 0.2) is 42.6 Å². The highest BCUT2D eigenvalue weighted by Crippen LogP contribution is 2.21. The first kappa shape index (κ1) is 12.7. The number of H-pyrrole nitrogens is 1. The topological polar surface area (TPSA) is 27.8 Å². The van der Waals surface area contributed by atoms with Crippen molar-refractivity contribution in [1.29, 1.82) is 0 Å². The molecule has 0 unspecified atom stereocenters. The molecule has 4 heteroatoms. The molecular weight excluding hydrogens is 276 g/mol. The molecule has 2 N–H and O–H groups in total. The molecule has 0 aliphatic heterocycles. The Morgan fingerprint density at radius 3 is 2.95 bits per heavy atom. The average molecular weight is 291 g/mol. The second-order valence-electron chi connectivity index (χ2n) is 4.53. The molecule has 19 heavy (non-hydrogen) atoms. The van der Waals surface area contributed by atoms with E-state index in [-0.39, 0.29) is 0 Å². The van der Waals surface area contributed by atoms with Crippen LogP contribution in [0.5, 0.6) is 0 Å². The number of aromatic amines is 1. The van der Waals surface area contributed by atoms with Gasteiger partial charge in [-0.15, -0.1) is 11.3 Å². The van der Waals surface area contributed by atoms with Crippen LogP contribution in [-0.2, 0) is 13.0 Å². The monoisotopic (exact) mass is 290 g/mol. The van der Waals surface area contributed by atoms with Gasteiger partial charge in [-0.3, -0.25) is 0 Å². The van der Waals surface area contributed by atoms with Gasteiger partial charge in [0.2, 0.25) is 0 Å². The summed E-state index contributed by atoms with van der Waals surface area (Å²) >= 11 is 7.57. The summed E-state index contributed by atoms with van der Waals surface area (Å²) in [5, 5.41) is 4.74. The van der Waals surface area contributed by atoms with Crippen molar-refractivity contribution in [1.82, 2.24) is 10.3 Å². The van der Waals surface area contributed by atoms with E-state index in [1.807, 2.05) is 12.3 Å². The van der Waals surface area contributed by atoms with Crippen LogP contribution in [-0.4, -0.2) is 11.5 Å². The highest BCUT2D eigenvalue weighted by atomic mass is 35.5. The third kappa shape index (κ3) is 3.18. The van der Waals surface area contributed by atoms with E-state index in [4.69, 9.17) is 11.6 Å². The average Bonchev–Trinajstić information content (AvgIpc) is 3.03. The van der Waals surface area contributed by atoms with E-state index in [2.05, 4.69) is 40.6 Å². The molecule has 1 aromatic carbocycles. The van der Waals surface area contributed by atoms with Crippen LogP contribution in [0.25, 0.3) is 10.9 Å². The summed E-state index contributed by atoms with van der Waals surface area (Å²) in [6.45, 7) is 1.88. The summed E-state index contributed by atoms with van der Waals surface area (Å²) in [5.74, 6) is 0. The first-order chi connectivity index (χ1) is 9.31. The Hall–Kier alpha value is -1.29. The van der Waals surface area contributed by atoms with Crippen molar-refractivity contribution in [3.63, 3.8) is 0 Å². The molecule has 0 saturated heterocycles. The number of nitrogens with one attached hydrogen (secondary N) is 2. The van der Waals surface area contributed by atoms with Crippen LogP contribution in [0.2, 0.25) is 4.34 Å². The fourth-order valence-electron chi connectivity index (χ4n) is 2.14.